The fraction of sp³-hybridized carbons (Fsp3) is 0.364. The summed E-state index contributed by atoms with van der Waals surface area (Å²) < 4.78 is 26.0. The highest BCUT2D eigenvalue weighted by Gasteiger charge is 2.11. The van der Waals surface area contributed by atoms with E-state index < -0.39 is 11.6 Å². The van der Waals surface area contributed by atoms with Crippen molar-refractivity contribution in [1.29, 1.82) is 5.26 Å². The van der Waals surface area contributed by atoms with Crippen molar-refractivity contribution in [1.82, 2.24) is 0 Å². The molecule has 0 amide bonds. The Morgan fingerprint density at radius 1 is 1.43 bits per heavy atom. The predicted molar refractivity (Wildman–Crippen MR) is 49.6 cm³/mol. The van der Waals surface area contributed by atoms with E-state index in [9.17, 15) is 8.78 Å². The van der Waals surface area contributed by atoms with Crippen molar-refractivity contribution in [3.8, 4) is 6.07 Å². The molecular weight excluding hydrogens is 184 g/mol. The van der Waals surface area contributed by atoms with E-state index in [4.69, 9.17) is 5.26 Å². The van der Waals surface area contributed by atoms with Gasteiger partial charge in [0.25, 0.3) is 0 Å². The van der Waals surface area contributed by atoms with Crippen molar-refractivity contribution < 1.29 is 8.78 Å². The molecule has 0 aliphatic rings. The van der Waals surface area contributed by atoms with Crippen molar-refractivity contribution in [3.63, 3.8) is 0 Å². The molecule has 1 aromatic carbocycles. The molecule has 1 unspecified atom stereocenters. The summed E-state index contributed by atoms with van der Waals surface area (Å²) in [4.78, 5) is 0. The van der Waals surface area contributed by atoms with Crippen LogP contribution in [0.4, 0.5) is 8.78 Å². The molecule has 1 nitrogen and oxygen atoms in total. The van der Waals surface area contributed by atoms with E-state index in [1.165, 1.54) is 6.07 Å². The summed E-state index contributed by atoms with van der Waals surface area (Å²) in [6, 6.07) is 5.39. The van der Waals surface area contributed by atoms with Crippen LogP contribution in [0.25, 0.3) is 0 Å². The Kier molecular flexibility index (Phi) is 3.58. The number of benzene rings is 1. The zero-order valence-corrected chi connectivity index (χ0v) is 7.93. The topological polar surface area (TPSA) is 23.8 Å². The lowest BCUT2D eigenvalue weighted by Crippen LogP contribution is -1.98. The van der Waals surface area contributed by atoms with Crippen LogP contribution in [-0.2, 0) is 0 Å². The number of nitrogens with zero attached hydrogens (tertiary/aromatic N) is 1. The molecule has 1 aromatic rings. The first kappa shape index (κ1) is 10.6. The van der Waals surface area contributed by atoms with E-state index >= 15 is 0 Å². The SMILES string of the molecule is CC(CCC#N)c1cc(F)ccc1F. The van der Waals surface area contributed by atoms with Crippen molar-refractivity contribution in [2.24, 2.45) is 0 Å². The van der Waals surface area contributed by atoms with Crippen LogP contribution < -0.4 is 0 Å². The van der Waals surface area contributed by atoms with Crippen LogP contribution in [0.15, 0.2) is 18.2 Å². The highest BCUT2D eigenvalue weighted by molar-refractivity contribution is 5.22. The van der Waals surface area contributed by atoms with Crippen LogP contribution in [0.1, 0.15) is 31.2 Å². The summed E-state index contributed by atoms with van der Waals surface area (Å²) in [5.74, 6) is -0.965. The summed E-state index contributed by atoms with van der Waals surface area (Å²) >= 11 is 0. The van der Waals surface area contributed by atoms with Gasteiger partial charge in [-0.3, -0.25) is 0 Å². The molecule has 0 aliphatic heterocycles. The molecule has 0 N–H and O–H groups in total. The molecule has 0 aromatic heterocycles. The lowest BCUT2D eigenvalue weighted by Gasteiger charge is -2.10. The zero-order valence-electron chi connectivity index (χ0n) is 7.93. The Hall–Kier alpha value is -1.43. The smallest absolute Gasteiger partial charge is 0.126 e. The molecule has 0 bridgehead atoms. The van der Waals surface area contributed by atoms with Gasteiger partial charge in [-0.05, 0) is 36.1 Å². The third kappa shape index (κ3) is 2.53. The first-order valence-corrected chi connectivity index (χ1v) is 4.47. The summed E-state index contributed by atoms with van der Waals surface area (Å²) in [7, 11) is 0. The Morgan fingerprint density at radius 3 is 2.79 bits per heavy atom. The van der Waals surface area contributed by atoms with Crippen LogP contribution in [0.2, 0.25) is 0 Å². The van der Waals surface area contributed by atoms with Crippen LogP contribution in [0.3, 0.4) is 0 Å². The number of nitriles is 1. The molecule has 0 spiro atoms. The molecule has 1 rings (SSSR count). The minimum Gasteiger partial charge on any atom is -0.207 e. The third-order valence-electron chi connectivity index (χ3n) is 2.18. The second-order valence-electron chi connectivity index (χ2n) is 3.26. The minimum atomic E-state index is -0.440. The van der Waals surface area contributed by atoms with Gasteiger partial charge in [0, 0.05) is 6.42 Å². The molecule has 0 saturated heterocycles. The molecule has 14 heavy (non-hydrogen) atoms. The quantitative estimate of drug-likeness (QED) is 0.725. The van der Waals surface area contributed by atoms with Gasteiger partial charge in [-0.15, -0.1) is 0 Å². The second kappa shape index (κ2) is 4.71. The highest BCUT2D eigenvalue weighted by atomic mass is 19.1. The number of rotatable bonds is 3. The van der Waals surface area contributed by atoms with Crippen LogP contribution in [-0.4, -0.2) is 0 Å². The normalized spacial score (nSPS) is 12.1. The zero-order chi connectivity index (χ0) is 10.6. The molecule has 1 atom stereocenters. The van der Waals surface area contributed by atoms with E-state index in [2.05, 4.69) is 0 Å². The van der Waals surface area contributed by atoms with Crippen LogP contribution in [0, 0.1) is 23.0 Å². The summed E-state index contributed by atoms with van der Waals surface area (Å²) in [5.41, 5.74) is 0.347. The summed E-state index contributed by atoms with van der Waals surface area (Å²) in [5, 5.41) is 8.37. The second-order valence-corrected chi connectivity index (χ2v) is 3.26. The minimum absolute atomic E-state index is 0.120. The highest BCUT2D eigenvalue weighted by Crippen LogP contribution is 2.23. The van der Waals surface area contributed by atoms with E-state index in [0.29, 0.717) is 18.4 Å². The molecule has 0 aliphatic carbocycles. The fourth-order valence-corrected chi connectivity index (χ4v) is 1.33. The van der Waals surface area contributed by atoms with Gasteiger partial charge < -0.3 is 0 Å². The molecule has 3 heteroatoms. The molecular formula is C11H11F2N. The van der Waals surface area contributed by atoms with Gasteiger partial charge >= 0.3 is 0 Å². The molecule has 0 heterocycles. The van der Waals surface area contributed by atoms with Crippen LogP contribution in [0.5, 0.6) is 0 Å². The lowest BCUT2D eigenvalue weighted by atomic mass is 9.96. The average molecular weight is 195 g/mol. The standard InChI is InChI=1S/C11H11F2N/c1-8(3-2-6-14)10-7-9(12)4-5-11(10)13/h4-5,7-8H,2-3H2,1H3. The maximum atomic E-state index is 13.2. The number of hydrogen-bond acceptors (Lipinski definition) is 1. The van der Waals surface area contributed by atoms with Gasteiger partial charge in [0.2, 0.25) is 0 Å². The summed E-state index contributed by atoms with van der Waals surface area (Å²) in [6.07, 6.45) is 0.911. The lowest BCUT2D eigenvalue weighted by molar-refractivity contribution is 0.559. The molecule has 0 radical (unpaired) electrons. The van der Waals surface area contributed by atoms with Crippen LogP contribution >= 0.6 is 0 Å². The monoisotopic (exact) mass is 195 g/mol. The molecule has 0 fully saturated rings. The van der Waals surface area contributed by atoms with E-state index in [-0.39, 0.29) is 5.92 Å². The van der Waals surface area contributed by atoms with Gasteiger partial charge in [-0.1, -0.05) is 6.92 Å². The van der Waals surface area contributed by atoms with Gasteiger partial charge in [0.15, 0.2) is 0 Å². The van der Waals surface area contributed by atoms with E-state index in [1.54, 1.807) is 6.92 Å². The molecule has 74 valence electrons. The fourth-order valence-electron chi connectivity index (χ4n) is 1.33. The predicted octanol–water partition coefficient (Wildman–Crippen LogP) is 3.37. The van der Waals surface area contributed by atoms with Crippen molar-refractivity contribution in [2.75, 3.05) is 0 Å². The van der Waals surface area contributed by atoms with Gasteiger partial charge in [0.1, 0.15) is 11.6 Å². The number of halogens is 2. The van der Waals surface area contributed by atoms with E-state index in [1.807, 2.05) is 6.07 Å². The summed E-state index contributed by atoms with van der Waals surface area (Å²) in [6.45, 7) is 1.79. The molecule has 0 saturated carbocycles. The first-order valence-electron chi connectivity index (χ1n) is 4.47. The Bertz CT molecular complexity index is 355. The van der Waals surface area contributed by atoms with Gasteiger partial charge in [-0.2, -0.15) is 5.26 Å². The third-order valence-corrected chi connectivity index (χ3v) is 2.18. The van der Waals surface area contributed by atoms with Crippen molar-refractivity contribution in [3.05, 3.63) is 35.4 Å². The van der Waals surface area contributed by atoms with Crippen molar-refractivity contribution >= 4 is 0 Å². The Morgan fingerprint density at radius 2 is 2.14 bits per heavy atom. The Balaban J connectivity index is 2.83. The first-order chi connectivity index (χ1) is 6.65. The average Bonchev–Trinajstić information content (AvgIpc) is 2.18. The maximum absolute atomic E-state index is 13.2. The largest absolute Gasteiger partial charge is 0.207 e. The van der Waals surface area contributed by atoms with Gasteiger partial charge in [0.05, 0.1) is 6.07 Å². The van der Waals surface area contributed by atoms with Crippen molar-refractivity contribution in [2.45, 2.75) is 25.7 Å². The number of hydrogen-bond donors (Lipinski definition) is 0. The Labute approximate surface area is 82.0 Å². The van der Waals surface area contributed by atoms with Gasteiger partial charge in [-0.25, -0.2) is 8.78 Å². The maximum Gasteiger partial charge on any atom is 0.126 e. The van der Waals surface area contributed by atoms with E-state index in [0.717, 1.165) is 12.1 Å².